The number of H-pyrrole nitrogens is 1. The molecule has 2 aliphatic rings. The third kappa shape index (κ3) is 3.50. The summed E-state index contributed by atoms with van der Waals surface area (Å²) in [6.45, 7) is 8.79. The van der Waals surface area contributed by atoms with Crippen LogP contribution in [-0.4, -0.2) is 48.9 Å². The zero-order valence-corrected chi connectivity index (χ0v) is 18.8. The molecule has 1 saturated heterocycles. The fourth-order valence-electron chi connectivity index (χ4n) is 4.61. The van der Waals surface area contributed by atoms with E-state index in [-0.39, 0.29) is 5.60 Å². The van der Waals surface area contributed by atoms with Crippen LogP contribution in [0.3, 0.4) is 0 Å². The highest BCUT2D eigenvalue weighted by atomic mass is 32.1. The number of nitrogens with zero attached hydrogens (tertiary/aromatic N) is 3. The first-order valence-electron chi connectivity index (χ1n) is 10.8. The minimum absolute atomic E-state index is 0.175. The first-order chi connectivity index (χ1) is 14.6. The van der Waals surface area contributed by atoms with Crippen molar-refractivity contribution in [2.75, 3.05) is 43.6 Å². The Morgan fingerprint density at radius 2 is 2.10 bits per heavy atom. The normalized spacial score (nSPS) is 18.3. The van der Waals surface area contributed by atoms with E-state index in [1.165, 1.54) is 40.0 Å². The van der Waals surface area contributed by atoms with Crippen molar-refractivity contribution in [2.45, 2.75) is 51.7 Å². The number of aromatic nitrogens is 3. The molecule has 5 rings (SSSR count). The SMILES string of the molecule is COCCCNc1ncnc2c1sc1[nH+]c(N3CCCC3)c3c(c12)CC(C)(C)OC3. The maximum Gasteiger partial charge on any atom is 0.281 e. The number of pyridine rings is 1. The fourth-order valence-corrected chi connectivity index (χ4v) is 5.76. The van der Waals surface area contributed by atoms with E-state index < -0.39 is 0 Å². The minimum atomic E-state index is -0.175. The Hall–Kier alpha value is -2.03. The van der Waals surface area contributed by atoms with Crippen LogP contribution in [-0.2, 0) is 22.5 Å². The molecule has 0 radical (unpaired) electrons. The van der Waals surface area contributed by atoms with Gasteiger partial charge >= 0.3 is 0 Å². The lowest BCUT2D eigenvalue weighted by Gasteiger charge is -2.32. The van der Waals surface area contributed by atoms with E-state index in [1.807, 2.05) is 0 Å². The van der Waals surface area contributed by atoms with Gasteiger partial charge in [0.25, 0.3) is 5.82 Å². The first-order valence-corrected chi connectivity index (χ1v) is 11.6. The summed E-state index contributed by atoms with van der Waals surface area (Å²) in [4.78, 5) is 16.7. The molecule has 3 aromatic heterocycles. The van der Waals surface area contributed by atoms with Gasteiger partial charge in [-0.25, -0.2) is 15.0 Å². The molecule has 0 unspecified atom stereocenters. The number of anilines is 2. The van der Waals surface area contributed by atoms with E-state index in [9.17, 15) is 0 Å². The number of nitrogens with one attached hydrogen (secondary N) is 2. The third-order valence-corrected chi connectivity index (χ3v) is 7.21. The summed E-state index contributed by atoms with van der Waals surface area (Å²) >= 11 is 1.76. The zero-order chi connectivity index (χ0) is 20.7. The molecule has 0 atom stereocenters. The van der Waals surface area contributed by atoms with Gasteiger partial charge < -0.3 is 14.8 Å². The Morgan fingerprint density at radius 1 is 1.27 bits per heavy atom. The van der Waals surface area contributed by atoms with Crippen molar-refractivity contribution < 1.29 is 14.5 Å². The molecular weight excluding hydrogens is 398 g/mol. The number of rotatable bonds is 6. The van der Waals surface area contributed by atoms with Crippen LogP contribution in [0.1, 0.15) is 44.2 Å². The molecule has 0 saturated carbocycles. The van der Waals surface area contributed by atoms with E-state index in [1.54, 1.807) is 24.8 Å². The number of hydrogen-bond donors (Lipinski definition) is 1. The summed E-state index contributed by atoms with van der Waals surface area (Å²) in [7, 11) is 1.73. The van der Waals surface area contributed by atoms with Gasteiger partial charge in [-0.1, -0.05) is 11.3 Å². The van der Waals surface area contributed by atoms with Crippen molar-refractivity contribution in [3.63, 3.8) is 0 Å². The van der Waals surface area contributed by atoms with Gasteiger partial charge in [-0.3, -0.25) is 4.90 Å². The average Bonchev–Trinajstić information content (AvgIpc) is 3.38. The molecule has 7 nitrogen and oxygen atoms in total. The molecule has 5 heterocycles. The lowest BCUT2D eigenvalue weighted by molar-refractivity contribution is -0.328. The molecule has 0 amide bonds. The van der Waals surface area contributed by atoms with Gasteiger partial charge in [0.05, 0.1) is 41.8 Å². The van der Waals surface area contributed by atoms with Crippen molar-refractivity contribution in [1.29, 1.82) is 0 Å². The quantitative estimate of drug-likeness (QED) is 0.605. The number of hydrogen-bond acceptors (Lipinski definition) is 7. The Kier molecular flexibility index (Phi) is 5.24. The van der Waals surface area contributed by atoms with Crippen molar-refractivity contribution >= 4 is 43.4 Å². The fraction of sp³-hybridized carbons (Fsp3) is 0.591. The lowest BCUT2D eigenvalue weighted by Crippen LogP contribution is -2.36. The zero-order valence-electron chi connectivity index (χ0n) is 18.0. The van der Waals surface area contributed by atoms with Crippen LogP contribution < -0.4 is 15.2 Å². The largest absolute Gasteiger partial charge is 0.385 e. The molecular formula is C22H30N5O2S+. The maximum absolute atomic E-state index is 6.23. The van der Waals surface area contributed by atoms with Gasteiger partial charge in [0.15, 0.2) is 4.83 Å². The van der Waals surface area contributed by atoms with Crippen molar-refractivity contribution in [3.05, 3.63) is 17.5 Å². The number of fused-ring (bicyclic) bond motifs is 5. The van der Waals surface area contributed by atoms with E-state index >= 15 is 0 Å². The molecule has 2 N–H and O–H groups in total. The summed E-state index contributed by atoms with van der Waals surface area (Å²) in [5.74, 6) is 2.15. The van der Waals surface area contributed by atoms with Crippen LogP contribution in [0.5, 0.6) is 0 Å². The first kappa shape index (κ1) is 19.9. The van der Waals surface area contributed by atoms with Crippen molar-refractivity contribution in [1.82, 2.24) is 9.97 Å². The highest BCUT2D eigenvalue weighted by Crippen LogP contribution is 2.42. The van der Waals surface area contributed by atoms with Crippen LogP contribution in [0.25, 0.3) is 20.4 Å². The van der Waals surface area contributed by atoms with Gasteiger partial charge in [0.1, 0.15) is 16.8 Å². The summed E-state index contributed by atoms with van der Waals surface area (Å²) < 4.78 is 12.5. The summed E-state index contributed by atoms with van der Waals surface area (Å²) in [5, 5.41) is 4.72. The minimum Gasteiger partial charge on any atom is -0.385 e. The Balaban J connectivity index is 1.66. The van der Waals surface area contributed by atoms with Crippen LogP contribution in [0.15, 0.2) is 6.33 Å². The molecule has 8 heteroatoms. The standard InChI is InChI=1S/C22H29N5O2S/c1-22(2)11-14-15(12-29-22)20(27-8-4-5-9-27)26-21-16(14)17-18(30-21)19(25-13-24-17)23-7-6-10-28-3/h13H,4-12H2,1-3H3,(H,23,24,25)/p+1. The number of thiophene rings is 1. The molecule has 160 valence electrons. The van der Waals surface area contributed by atoms with Gasteiger partial charge in [0.2, 0.25) is 0 Å². The molecule has 3 aromatic rings. The molecule has 0 aliphatic carbocycles. The van der Waals surface area contributed by atoms with Crippen LogP contribution in [0.4, 0.5) is 11.6 Å². The third-order valence-electron chi connectivity index (χ3n) is 6.11. The van der Waals surface area contributed by atoms with E-state index in [2.05, 4.69) is 34.0 Å². The smallest absolute Gasteiger partial charge is 0.281 e. The van der Waals surface area contributed by atoms with Crippen molar-refractivity contribution in [3.8, 4) is 0 Å². The van der Waals surface area contributed by atoms with Gasteiger partial charge in [-0.2, -0.15) is 0 Å². The Labute approximate surface area is 180 Å². The van der Waals surface area contributed by atoms with Crippen molar-refractivity contribution in [2.24, 2.45) is 0 Å². The van der Waals surface area contributed by atoms with Gasteiger partial charge in [-0.15, -0.1) is 0 Å². The second kappa shape index (κ2) is 7.90. The molecule has 2 aliphatic heterocycles. The van der Waals surface area contributed by atoms with E-state index in [4.69, 9.17) is 14.5 Å². The van der Waals surface area contributed by atoms with Crippen LogP contribution >= 0.6 is 11.3 Å². The molecule has 0 bridgehead atoms. The molecule has 1 fully saturated rings. The summed E-state index contributed by atoms with van der Waals surface area (Å²) in [6.07, 6.45) is 6.01. The Bertz CT molecular complexity index is 1070. The average molecular weight is 429 g/mol. The van der Waals surface area contributed by atoms with E-state index in [0.717, 1.165) is 55.1 Å². The molecule has 30 heavy (non-hydrogen) atoms. The second-order valence-electron chi connectivity index (χ2n) is 8.83. The van der Waals surface area contributed by atoms with Gasteiger partial charge in [0, 0.05) is 26.7 Å². The monoisotopic (exact) mass is 428 g/mol. The Morgan fingerprint density at radius 3 is 2.90 bits per heavy atom. The summed E-state index contributed by atoms with van der Waals surface area (Å²) in [5.41, 5.74) is 3.55. The molecule has 0 spiro atoms. The van der Waals surface area contributed by atoms with Crippen LogP contribution in [0, 0.1) is 0 Å². The predicted octanol–water partition coefficient (Wildman–Crippen LogP) is 3.56. The highest BCUT2D eigenvalue weighted by Gasteiger charge is 2.36. The van der Waals surface area contributed by atoms with Crippen LogP contribution in [0.2, 0.25) is 0 Å². The topological polar surface area (TPSA) is 73.7 Å². The summed E-state index contributed by atoms with van der Waals surface area (Å²) in [6, 6.07) is 0. The van der Waals surface area contributed by atoms with E-state index in [0.29, 0.717) is 6.61 Å². The number of methoxy groups -OCH3 is 1. The lowest BCUT2D eigenvalue weighted by atomic mass is 9.90. The second-order valence-corrected chi connectivity index (χ2v) is 9.85. The molecule has 0 aromatic carbocycles. The maximum atomic E-state index is 6.23. The number of ether oxygens (including phenoxy) is 2. The van der Waals surface area contributed by atoms with Gasteiger partial charge in [-0.05, 0) is 38.7 Å². The number of aromatic amines is 1. The predicted molar refractivity (Wildman–Crippen MR) is 120 cm³/mol. The highest BCUT2D eigenvalue weighted by molar-refractivity contribution is 7.25.